The number of hydrogen-bond donors (Lipinski definition) is 1. The van der Waals surface area contributed by atoms with Crippen LogP contribution < -0.4 is 5.73 Å². The Balaban J connectivity index is 1.98. The third-order valence-electron chi connectivity index (χ3n) is 4.05. The third kappa shape index (κ3) is 2.33. The molecule has 1 aliphatic rings. The summed E-state index contributed by atoms with van der Waals surface area (Å²) in [5.41, 5.74) is 8.03. The van der Waals surface area contributed by atoms with Gasteiger partial charge in [0.05, 0.1) is 11.3 Å². The summed E-state index contributed by atoms with van der Waals surface area (Å²) >= 11 is 0. The number of fused-ring (bicyclic) bond motifs is 1. The normalized spacial score (nSPS) is 16.6. The van der Waals surface area contributed by atoms with Gasteiger partial charge in [0, 0.05) is 38.6 Å². The SMILES string of the molecule is Cc1nn(C)c2nc(N)c(C(=O)N3CCN(C)CC3)cc12. The molecule has 1 amide bonds. The Morgan fingerprint density at radius 1 is 1.24 bits per heavy atom. The molecule has 0 saturated carbocycles. The van der Waals surface area contributed by atoms with Crippen LogP contribution in [0.4, 0.5) is 5.82 Å². The van der Waals surface area contributed by atoms with Crippen LogP contribution in [0, 0.1) is 6.92 Å². The predicted octanol–water partition coefficient (Wildman–Crippen LogP) is 0.247. The van der Waals surface area contributed by atoms with E-state index >= 15 is 0 Å². The minimum Gasteiger partial charge on any atom is -0.383 e. The minimum absolute atomic E-state index is 0.0433. The smallest absolute Gasteiger partial charge is 0.257 e. The summed E-state index contributed by atoms with van der Waals surface area (Å²) in [5, 5.41) is 5.20. The molecule has 0 radical (unpaired) electrons. The number of amides is 1. The number of nitrogens with zero attached hydrogens (tertiary/aromatic N) is 5. The Bertz CT molecular complexity index is 699. The molecule has 2 aromatic rings. The van der Waals surface area contributed by atoms with Gasteiger partial charge in [-0.05, 0) is 20.0 Å². The summed E-state index contributed by atoms with van der Waals surface area (Å²) in [6.45, 7) is 5.11. The third-order valence-corrected chi connectivity index (χ3v) is 4.05. The molecule has 2 aromatic heterocycles. The van der Waals surface area contributed by atoms with Crippen LogP contribution in [0.5, 0.6) is 0 Å². The Morgan fingerprint density at radius 2 is 1.90 bits per heavy atom. The Kier molecular flexibility index (Phi) is 3.29. The first-order chi connectivity index (χ1) is 9.97. The van der Waals surface area contributed by atoms with Crippen molar-refractivity contribution in [1.82, 2.24) is 24.6 Å². The van der Waals surface area contributed by atoms with Crippen LogP contribution >= 0.6 is 0 Å². The molecule has 3 heterocycles. The first kappa shape index (κ1) is 13.8. The van der Waals surface area contributed by atoms with Crippen molar-refractivity contribution >= 4 is 22.8 Å². The molecule has 1 aliphatic heterocycles. The predicted molar refractivity (Wildman–Crippen MR) is 81.1 cm³/mol. The van der Waals surface area contributed by atoms with Gasteiger partial charge in [-0.25, -0.2) is 4.98 Å². The van der Waals surface area contributed by atoms with E-state index in [0.717, 1.165) is 37.3 Å². The zero-order valence-corrected chi connectivity index (χ0v) is 12.6. The molecule has 7 nitrogen and oxygen atoms in total. The molecule has 0 aromatic carbocycles. The maximum atomic E-state index is 12.6. The van der Waals surface area contributed by atoms with Crippen LogP contribution in [-0.4, -0.2) is 63.7 Å². The molecule has 2 N–H and O–H groups in total. The van der Waals surface area contributed by atoms with Crippen molar-refractivity contribution in [2.24, 2.45) is 7.05 Å². The maximum absolute atomic E-state index is 12.6. The van der Waals surface area contributed by atoms with E-state index < -0.39 is 0 Å². The second-order valence-electron chi connectivity index (χ2n) is 5.60. The number of nitrogens with two attached hydrogens (primary N) is 1. The lowest BCUT2D eigenvalue weighted by atomic mass is 10.1. The van der Waals surface area contributed by atoms with Crippen LogP contribution in [0.15, 0.2) is 6.07 Å². The number of rotatable bonds is 1. The number of aromatic nitrogens is 3. The highest BCUT2D eigenvalue weighted by Crippen LogP contribution is 2.22. The van der Waals surface area contributed by atoms with Crippen molar-refractivity contribution < 1.29 is 4.79 Å². The Morgan fingerprint density at radius 3 is 2.57 bits per heavy atom. The van der Waals surface area contributed by atoms with Crippen LogP contribution in [0.2, 0.25) is 0 Å². The van der Waals surface area contributed by atoms with Gasteiger partial charge < -0.3 is 15.5 Å². The van der Waals surface area contributed by atoms with Crippen molar-refractivity contribution in [3.63, 3.8) is 0 Å². The van der Waals surface area contributed by atoms with Crippen molar-refractivity contribution in [2.45, 2.75) is 6.92 Å². The van der Waals surface area contributed by atoms with E-state index in [0.29, 0.717) is 11.2 Å². The minimum atomic E-state index is -0.0433. The quantitative estimate of drug-likeness (QED) is 0.813. The molecule has 112 valence electrons. The molecule has 0 spiro atoms. The van der Waals surface area contributed by atoms with Gasteiger partial charge in [-0.15, -0.1) is 0 Å². The van der Waals surface area contributed by atoms with E-state index in [9.17, 15) is 4.79 Å². The van der Waals surface area contributed by atoms with Crippen molar-refractivity contribution in [2.75, 3.05) is 39.0 Å². The number of likely N-dealkylation sites (N-methyl/N-ethyl adjacent to an activating group) is 1. The van der Waals surface area contributed by atoms with Gasteiger partial charge in [-0.2, -0.15) is 5.10 Å². The van der Waals surface area contributed by atoms with Gasteiger partial charge >= 0.3 is 0 Å². The highest BCUT2D eigenvalue weighted by Gasteiger charge is 2.23. The summed E-state index contributed by atoms with van der Waals surface area (Å²) in [7, 11) is 3.88. The van der Waals surface area contributed by atoms with Gasteiger partial charge in [0.2, 0.25) is 0 Å². The molecule has 0 bridgehead atoms. The molecular weight excluding hydrogens is 268 g/mol. The number of carbonyl (C=O) groups is 1. The molecule has 7 heteroatoms. The highest BCUT2D eigenvalue weighted by atomic mass is 16.2. The first-order valence-electron chi connectivity index (χ1n) is 7.05. The molecular formula is C14H20N6O. The van der Waals surface area contributed by atoms with E-state index in [1.54, 1.807) is 4.68 Å². The first-order valence-corrected chi connectivity index (χ1v) is 7.05. The summed E-state index contributed by atoms with van der Waals surface area (Å²) in [6.07, 6.45) is 0. The maximum Gasteiger partial charge on any atom is 0.257 e. The Labute approximate surface area is 123 Å². The molecule has 0 unspecified atom stereocenters. The topological polar surface area (TPSA) is 80.3 Å². The number of carbonyl (C=O) groups excluding carboxylic acids is 1. The second-order valence-corrected chi connectivity index (χ2v) is 5.60. The van der Waals surface area contributed by atoms with Crippen molar-refractivity contribution in [3.05, 3.63) is 17.3 Å². The molecule has 1 fully saturated rings. The number of pyridine rings is 1. The van der Waals surface area contributed by atoms with Crippen molar-refractivity contribution in [1.29, 1.82) is 0 Å². The average Bonchev–Trinajstić information content (AvgIpc) is 2.73. The summed E-state index contributed by atoms with van der Waals surface area (Å²) in [5.74, 6) is 0.229. The fourth-order valence-electron chi connectivity index (χ4n) is 2.71. The molecule has 1 saturated heterocycles. The zero-order valence-electron chi connectivity index (χ0n) is 12.6. The lowest BCUT2D eigenvalue weighted by molar-refractivity contribution is 0.0665. The number of hydrogen-bond acceptors (Lipinski definition) is 5. The number of anilines is 1. The van der Waals surface area contributed by atoms with Gasteiger partial charge in [0.25, 0.3) is 5.91 Å². The zero-order chi connectivity index (χ0) is 15.1. The summed E-state index contributed by atoms with van der Waals surface area (Å²) < 4.78 is 1.69. The van der Waals surface area contributed by atoms with Crippen LogP contribution in [0.3, 0.4) is 0 Å². The molecule has 0 atom stereocenters. The number of aryl methyl sites for hydroxylation is 2. The van der Waals surface area contributed by atoms with E-state index in [2.05, 4.69) is 22.0 Å². The van der Waals surface area contributed by atoms with Crippen LogP contribution in [-0.2, 0) is 7.05 Å². The summed E-state index contributed by atoms with van der Waals surface area (Å²) in [6, 6.07) is 1.82. The molecule has 21 heavy (non-hydrogen) atoms. The molecule has 0 aliphatic carbocycles. The number of nitrogen functional groups attached to an aromatic ring is 1. The van der Waals surface area contributed by atoms with Gasteiger partial charge in [0.15, 0.2) is 5.65 Å². The lowest BCUT2D eigenvalue weighted by Gasteiger charge is -2.32. The second kappa shape index (κ2) is 5.00. The largest absolute Gasteiger partial charge is 0.383 e. The number of piperazine rings is 1. The molecule has 3 rings (SSSR count). The van der Waals surface area contributed by atoms with Gasteiger partial charge in [-0.3, -0.25) is 9.48 Å². The highest BCUT2D eigenvalue weighted by molar-refractivity contribution is 6.01. The summed E-state index contributed by atoms with van der Waals surface area (Å²) in [4.78, 5) is 21.0. The van der Waals surface area contributed by atoms with Crippen LogP contribution in [0.1, 0.15) is 16.1 Å². The monoisotopic (exact) mass is 288 g/mol. The van der Waals surface area contributed by atoms with Gasteiger partial charge in [-0.1, -0.05) is 0 Å². The lowest BCUT2D eigenvalue weighted by Crippen LogP contribution is -2.47. The Hall–Kier alpha value is -2.15. The fourth-order valence-corrected chi connectivity index (χ4v) is 2.71. The fraction of sp³-hybridized carbons (Fsp3) is 0.500. The van der Waals surface area contributed by atoms with E-state index in [1.807, 2.05) is 24.9 Å². The van der Waals surface area contributed by atoms with E-state index in [4.69, 9.17) is 5.73 Å². The standard InChI is InChI=1S/C14H20N6O/c1-9-10-8-11(12(15)16-13(10)19(3)17-9)14(21)20-6-4-18(2)5-7-20/h8H,4-7H2,1-3H3,(H2,15,16). The van der Waals surface area contributed by atoms with Gasteiger partial charge in [0.1, 0.15) is 5.82 Å². The van der Waals surface area contributed by atoms with E-state index in [-0.39, 0.29) is 11.7 Å². The average molecular weight is 288 g/mol. The van der Waals surface area contributed by atoms with Crippen molar-refractivity contribution in [3.8, 4) is 0 Å². The van der Waals surface area contributed by atoms with Crippen LogP contribution in [0.25, 0.3) is 11.0 Å². The van der Waals surface area contributed by atoms with E-state index in [1.165, 1.54) is 0 Å².